The first-order valence-corrected chi connectivity index (χ1v) is 6.37. The van der Waals surface area contributed by atoms with Crippen LogP contribution in [0, 0.1) is 10.8 Å². The summed E-state index contributed by atoms with van der Waals surface area (Å²) in [7, 11) is 4.42. The molecule has 2 nitrogen and oxygen atoms in total. The highest BCUT2D eigenvalue weighted by Crippen LogP contribution is 2.19. The zero-order valence-corrected chi connectivity index (χ0v) is 12.7. The molecule has 0 unspecified atom stereocenters. The maximum atomic E-state index is 2.41. The lowest BCUT2D eigenvalue weighted by Crippen LogP contribution is -2.38. The maximum Gasteiger partial charge on any atom is 0.0500 e. The van der Waals surface area contributed by atoms with E-state index < -0.39 is 0 Å². The predicted molar refractivity (Wildman–Crippen MR) is 73.7 cm³/mol. The molecule has 2 heteroatoms. The van der Waals surface area contributed by atoms with Crippen molar-refractivity contribution in [3.8, 4) is 0 Å². The Morgan fingerprint density at radius 3 is 1.62 bits per heavy atom. The van der Waals surface area contributed by atoms with Crippen LogP contribution in [0.2, 0.25) is 0 Å². The molecule has 0 heterocycles. The summed E-state index contributed by atoms with van der Waals surface area (Å²) in [5, 5.41) is 0. The largest absolute Gasteiger partial charge is 0.294 e. The first kappa shape index (κ1) is 15.9. The van der Waals surface area contributed by atoms with Crippen molar-refractivity contribution in [3.63, 3.8) is 0 Å². The Morgan fingerprint density at radius 1 is 0.750 bits per heavy atom. The van der Waals surface area contributed by atoms with Gasteiger partial charge in [0.05, 0.1) is 6.67 Å². The molecule has 0 aromatic rings. The fraction of sp³-hybridized carbons (Fsp3) is 1.00. The summed E-state index contributed by atoms with van der Waals surface area (Å²) in [6, 6.07) is 0. The lowest BCUT2D eigenvalue weighted by molar-refractivity contribution is 0.132. The minimum Gasteiger partial charge on any atom is -0.294 e. The lowest BCUT2D eigenvalue weighted by Gasteiger charge is -2.31. The highest BCUT2D eigenvalue weighted by molar-refractivity contribution is 4.68. The summed E-state index contributed by atoms with van der Waals surface area (Å²) in [6.45, 7) is 17.2. The zero-order valence-electron chi connectivity index (χ0n) is 12.7. The van der Waals surface area contributed by atoms with Crippen LogP contribution in [0.3, 0.4) is 0 Å². The normalized spacial score (nSPS) is 13.9. The molecule has 0 saturated heterocycles. The molecule has 0 spiro atoms. The summed E-state index contributed by atoms with van der Waals surface area (Å²) in [6.07, 6.45) is 1.26. The van der Waals surface area contributed by atoms with Crippen LogP contribution in [0.4, 0.5) is 0 Å². The molecule has 0 aliphatic rings. The molecule has 0 bridgehead atoms. The topological polar surface area (TPSA) is 6.48 Å². The molecule has 98 valence electrons. The van der Waals surface area contributed by atoms with Gasteiger partial charge in [0.25, 0.3) is 0 Å². The standard InChI is InChI=1S/C14H32N2/c1-13(2,3)9-10-15(7)12-16(8)11-14(4,5)6/h9-12H2,1-8H3. The van der Waals surface area contributed by atoms with Crippen molar-refractivity contribution in [2.75, 3.05) is 33.9 Å². The molecule has 0 aliphatic heterocycles. The van der Waals surface area contributed by atoms with E-state index in [1.54, 1.807) is 0 Å². The van der Waals surface area contributed by atoms with E-state index in [-0.39, 0.29) is 0 Å². The predicted octanol–water partition coefficient (Wildman–Crippen LogP) is 3.29. The number of nitrogens with zero attached hydrogens (tertiary/aromatic N) is 2. The van der Waals surface area contributed by atoms with Crippen LogP contribution in [0.1, 0.15) is 48.0 Å². The Kier molecular flexibility index (Phi) is 5.99. The third-order valence-corrected chi connectivity index (χ3v) is 2.47. The SMILES string of the molecule is CN(CCC(C)(C)C)CN(C)CC(C)(C)C. The fourth-order valence-electron chi connectivity index (χ4n) is 1.87. The Balaban J connectivity index is 3.83. The molecule has 0 saturated carbocycles. The zero-order chi connectivity index (χ0) is 13.0. The summed E-state index contributed by atoms with van der Waals surface area (Å²) in [4.78, 5) is 4.82. The van der Waals surface area contributed by atoms with E-state index >= 15 is 0 Å². The average Bonchev–Trinajstić information content (AvgIpc) is 1.95. The van der Waals surface area contributed by atoms with Crippen LogP contribution in [0.15, 0.2) is 0 Å². The Hall–Kier alpha value is -0.0800. The van der Waals surface area contributed by atoms with Crippen molar-refractivity contribution in [1.29, 1.82) is 0 Å². The van der Waals surface area contributed by atoms with Crippen molar-refractivity contribution in [2.24, 2.45) is 10.8 Å². The number of hydrogen-bond acceptors (Lipinski definition) is 2. The van der Waals surface area contributed by atoms with Gasteiger partial charge in [-0.15, -0.1) is 0 Å². The highest BCUT2D eigenvalue weighted by Gasteiger charge is 2.15. The highest BCUT2D eigenvalue weighted by atomic mass is 15.3. The summed E-state index contributed by atoms with van der Waals surface area (Å²) in [5.74, 6) is 0. The van der Waals surface area contributed by atoms with Gasteiger partial charge in [0, 0.05) is 6.54 Å². The summed E-state index contributed by atoms with van der Waals surface area (Å²) < 4.78 is 0. The molecule has 16 heavy (non-hydrogen) atoms. The van der Waals surface area contributed by atoms with Crippen molar-refractivity contribution >= 4 is 0 Å². The van der Waals surface area contributed by atoms with Crippen LogP contribution in [0.5, 0.6) is 0 Å². The van der Waals surface area contributed by atoms with Crippen molar-refractivity contribution in [1.82, 2.24) is 9.80 Å². The lowest BCUT2D eigenvalue weighted by atomic mass is 9.92. The molecule has 0 aromatic carbocycles. The molecule has 0 aliphatic carbocycles. The smallest absolute Gasteiger partial charge is 0.0500 e. The summed E-state index contributed by atoms with van der Waals surface area (Å²) in [5.41, 5.74) is 0.830. The van der Waals surface area contributed by atoms with Gasteiger partial charge in [-0.3, -0.25) is 9.80 Å². The van der Waals surface area contributed by atoms with Crippen molar-refractivity contribution in [2.45, 2.75) is 48.0 Å². The Morgan fingerprint density at radius 2 is 1.25 bits per heavy atom. The van der Waals surface area contributed by atoms with Crippen LogP contribution >= 0.6 is 0 Å². The van der Waals surface area contributed by atoms with E-state index in [0.29, 0.717) is 10.8 Å². The van der Waals surface area contributed by atoms with E-state index in [4.69, 9.17) is 0 Å². The first-order chi connectivity index (χ1) is 6.99. The van der Waals surface area contributed by atoms with Gasteiger partial charge in [0.2, 0.25) is 0 Å². The Labute approximate surface area is 103 Å². The molecular formula is C14H32N2. The van der Waals surface area contributed by atoms with Crippen LogP contribution in [-0.4, -0.2) is 43.7 Å². The third-order valence-electron chi connectivity index (χ3n) is 2.47. The van der Waals surface area contributed by atoms with E-state index in [1.807, 2.05) is 0 Å². The molecule has 0 amide bonds. The minimum absolute atomic E-state index is 0.389. The van der Waals surface area contributed by atoms with Gasteiger partial charge < -0.3 is 0 Å². The van der Waals surface area contributed by atoms with Crippen LogP contribution < -0.4 is 0 Å². The van der Waals surface area contributed by atoms with Crippen molar-refractivity contribution < 1.29 is 0 Å². The van der Waals surface area contributed by atoms with Crippen LogP contribution in [0.25, 0.3) is 0 Å². The average molecular weight is 228 g/mol. The van der Waals surface area contributed by atoms with Gasteiger partial charge in [-0.05, 0) is 37.9 Å². The van der Waals surface area contributed by atoms with Crippen LogP contribution in [-0.2, 0) is 0 Å². The van der Waals surface area contributed by atoms with E-state index in [2.05, 4.69) is 65.4 Å². The quantitative estimate of drug-likeness (QED) is 0.666. The van der Waals surface area contributed by atoms with Gasteiger partial charge in [0.15, 0.2) is 0 Å². The van der Waals surface area contributed by atoms with E-state index in [1.165, 1.54) is 13.0 Å². The number of hydrogen-bond donors (Lipinski definition) is 0. The monoisotopic (exact) mass is 228 g/mol. The fourth-order valence-corrected chi connectivity index (χ4v) is 1.87. The van der Waals surface area contributed by atoms with Gasteiger partial charge >= 0.3 is 0 Å². The molecule has 0 rings (SSSR count). The second-order valence-electron chi connectivity index (χ2n) is 7.61. The third kappa shape index (κ3) is 10.4. The maximum absolute atomic E-state index is 2.41. The molecule has 0 radical (unpaired) electrons. The second kappa shape index (κ2) is 6.02. The van der Waals surface area contributed by atoms with Gasteiger partial charge in [-0.25, -0.2) is 0 Å². The van der Waals surface area contributed by atoms with Gasteiger partial charge in [-0.1, -0.05) is 41.5 Å². The Bertz CT molecular complexity index is 186. The molecule has 0 aromatic heterocycles. The molecule has 0 atom stereocenters. The van der Waals surface area contributed by atoms with Gasteiger partial charge in [-0.2, -0.15) is 0 Å². The molecule has 0 fully saturated rings. The number of rotatable bonds is 5. The van der Waals surface area contributed by atoms with Crippen molar-refractivity contribution in [3.05, 3.63) is 0 Å². The molecule has 0 N–H and O–H groups in total. The molecular weight excluding hydrogens is 196 g/mol. The van der Waals surface area contributed by atoms with E-state index in [9.17, 15) is 0 Å². The minimum atomic E-state index is 0.389. The summed E-state index contributed by atoms with van der Waals surface area (Å²) >= 11 is 0. The second-order valence-corrected chi connectivity index (χ2v) is 7.61. The first-order valence-electron chi connectivity index (χ1n) is 6.37. The van der Waals surface area contributed by atoms with Gasteiger partial charge in [0.1, 0.15) is 0 Å². The van der Waals surface area contributed by atoms with E-state index in [0.717, 1.165) is 13.2 Å².